The number of carboxylic acid groups (broad SMARTS) is 2. The van der Waals surface area contributed by atoms with Crippen LogP contribution in [-0.2, 0) is 9.59 Å². The first-order valence-electron chi connectivity index (χ1n) is 7.73. The van der Waals surface area contributed by atoms with Gasteiger partial charge in [0.15, 0.2) is 0 Å². The molecule has 2 rings (SSSR count). The molecule has 0 aromatic heterocycles. The Hall–Kier alpha value is -2.94. The molecule has 26 heavy (non-hydrogen) atoms. The Morgan fingerprint density at radius 3 is 1.85 bits per heavy atom. The summed E-state index contributed by atoms with van der Waals surface area (Å²) < 4.78 is 0. The molecule has 0 amide bonds. The second kappa shape index (κ2) is 10.8. The normalized spacial score (nSPS) is 13.5. The number of hydrogen-bond donors (Lipinski definition) is 6. The predicted octanol–water partition coefficient (Wildman–Crippen LogP) is 0.676. The monoisotopic (exact) mass is 362 g/mol. The van der Waals surface area contributed by atoms with E-state index in [1.54, 1.807) is 54.6 Å². The van der Waals surface area contributed by atoms with Crippen LogP contribution in [0.2, 0.25) is 0 Å². The van der Waals surface area contributed by atoms with Crippen LogP contribution in [-0.4, -0.2) is 51.1 Å². The third-order valence-corrected chi connectivity index (χ3v) is 3.36. The lowest BCUT2D eigenvalue weighted by Crippen LogP contribution is -2.36. The molecule has 0 aliphatic carbocycles. The number of anilines is 1. The van der Waals surface area contributed by atoms with Gasteiger partial charge in [0.2, 0.25) is 0 Å². The molecular formula is C18H22N2O6. The van der Waals surface area contributed by atoms with Crippen molar-refractivity contribution >= 4 is 17.6 Å². The molecule has 0 saturated carbocycles. The Bertz CT molecular complexity index is 669. The van der Waals surface area contributed by atoms with Gasteiger partial charge in [-0.3, -0.25) is 4.79 Å². The zero-order valence-electron chi connectivity index (χ0n) is 13.9. The Kier molecular flexibility index (Phi) is 8.79. The number of aliphatic carboxylic acids is 2. The number of para-hydroxylation sites is 1. The molecule has 0 radical (unpaired) electrons. The van der Waals surface area contributed by atoms with E-state index in [9.17, 15) is 14.7 Å². The average molecular weight is 362 g/mol. The lowest BCUT2D eigenvalue weighted by molar-refractivity contribution is -0.141. The summed E-state index contributed by atoms with van der Waals surface area (Å²) in [6.45, 7) is -0.426. The van der Waals surface area contributed by atoms with E-state index in [4.69, 9.17) is 21.1 Å². The molecule has 8 nitrogen and oxygen atoms in total. The summed E-state index contributed by atoms with van der Waals surface area (Å²) >= 11 is 0. The van der Waals surface area contributed by atoms with Gasteiger partial charge in [-0.1, -0.05) is 48.5 Å². The van der Waals surface area contributed by atoms with E-state index in [2.05, 4.69) is 5.32 Å². The van der Waals surface area contributed by atoms with Crippen molar-refractivity contribution in [2.45, 2.75) is 18.2 Å². The Labute approximate surface area is 150 Å². The van der Waals surface area contributed by atoms with Gasteiger partial charge in [0.25, 0.3) is 0 Å². The van der Waals surface area contributed by atoms with Gasteiger partial charge in [-0.2, -0.15) is 0 Å². The van der Waals surface area contributed by atoms with Gasteiger partial charge < -0.3 is 31.5 Å². The van der Waals surface area contributed by atoms with Crippen molar-refractivity contribution in [2.75, 3.05) is 11.9 Å². The molecule has 0 aliphatic heterocycles. The van der Waals surface area contributed by atoms with Crippen LogP contribution in [0, 0.1) is 0 Å². The molecule has 140 valence electrons. The zero-order valence-corrected chi connectivity index (χ0v) is 13.9. The second-order valence-electron chi connectivity index (χ2n) is 5.30. The predicted molar refractivity (Wildman–Crippen MR) is 95.6 cm³/mol. The highest BCUT2D eigenvalue weighted by atomic mass is 16.4. The highest BCUT2D eigenvalue weighted by molar-refractivity contribution is 5.77. The summed E-state index contributed by atoms with van der Waals surface area (Å²) in [6, 6.07) is 15.2. The minimum Gasteiger partial charge on any atom is -0.480 e. The molecule has 0 fully saturated rings. The van der Waals surface area contributed by atoms with E-state index in [0.717, 1.165) is 0 Å². The summed E-state index contributed by atoms with van der Waals surface area (Å²) in [5.74, 6) is -2.28. The van der Waals surface area contributed by atoms with Gasteiger partial charge in [-0.15, -0.1) is 0 Å². The van der Waals surface area contributed by atoms with Crippen molar-refractivity contribution in [3.63, 3.8) is 0 Å². The molecule has 3 atom stereocenters. The second-order valence-corrected chi connectivity index (χ2v) is 5.30. The third kappa shape index (κ3) is 6.89. The summed E-state index contributed by atoms with van der Waals surface area (Å²) in [6.07, 6.45) is -1.15. The number of carboxylic acids is 2. The van der Waals surface area contributed by atoms with Crippen LogP contribution in [0.3, 0.4) is 0 Å². The van der Waals surface area contributed by atoms with Crippen molar-refractivity contribution < 1.29 is 30.0 Å². The van der Waals surface area contributed by atoms with Crippen molar-refractivity contribution in [1.29, 1.82) is 0 Å². The number of aliphatic hydroxyl groups excluding tert-OH is 2. The van der Waals surface area contributed by atoms with E-state index in [1.807, 2.05) is 6.07 Å². The van der Waals surface area contributed by atoms with Gasteiger partial charge in [-0.05, 0) is 17.7 Å². The van der Waals surface area contributed by atoms with E-state index in [-0.39, 0.29) is 0 Å². The number of nitrogens with two attached hydrogens (primary N) is 1. The van der Waals surface area contributed by atoms with Crippen LogP contribution in [0.1, 0.15) is 11.7 Å². The lowest BCUT2D eigenvalue weighted by atomic mass is 10.0. The molecule has 2 aromatic rings. The first-order valence-corrected chi connectivity index (χ1v) is 7.73. The molecule has 0 saturated heterocycles. The van der Waals surface area contributed by atoms with Gasteiger partial charge in [-0.25, -0.2) is 4.79 Å². The van der Waals surface area contributed by atoms with Crippen LogP contribution in [0.4, 0.5) is 5.69 Å². The van der Waals surface area contributed by atoms with Crippen molar-refractivity contribution in [2.24, 2.45) is 5.73 Å². The summed E-state index contributed by atoms with van der Waals surface area (Å²) in [7, 11) is 0. The number of rotatable bonds is 7. The first-order chi connectivity index (χ1) is 12.4. The van der Waals surface area contributed by atoms with Crippen molar-refractivity contribution in [1.82, 2.24) is 0 Å². The minimum atomic E-state index is -1.28. The summed E-state index contributed by atoms with van der Waals surface area (Å²) in [4.78, 5) is 20.9. The molecule has 0 spiro atoms. The van der Waals surface area contributed by atoms with Gasteiger partial charge in [0.1, 0.15) is 18.2 Å². The zero-order chi connectivity index (χ0) is 19.5. The SMILES string of the molecule is N[C@H](C(=O)O)C(O)c1ccccc1.O=C(O)[C@H](CO)Nc1ccccc1. The van der Waals surface area contributed by atoms with Crippen LogP contribution in [0.25, 0.3) is 0 Å². The fourth-order valence-electron chi connectivity index (χ4n) is 1.91. The average Bonchev–Trinajstić information content (AvgIpc) is 2.66. The maximum atomic E-state index is 10.5. The summed E-state index contributed by atoms with van der Waals surface area (Å²) in [5.41, 5.74) is 6.44. The first kappa shape index (κ1) is 21.1. The van der Waals surface area contributed by atoms with Crippen molar-refractivity contribution in [3.8, 4) is 0 Å². The molecule has 7 N–H and O–H groups in total. The Morgan fingerprint density at radius 2 is 1.42 bits per heavy atom. The van der Waals surface area contributed by atoms with E-state index in [0.29, 0.717) is 11.3 Å². The lowest BCUT2D eigenvalue weighted by Gasteiger charge is -2.14. The third-order valence-electron chi connectivity index (χ3n) is 3.36. The van der Waals surface area contributed by atoms with E-state index >= 15 is 0 Å². The fourth-order valence-corrected chi connectivity index (χ4v) is 1.91. The molecule has 0 heterocycles. The number of carbonyl (C=O) groups is 2. The topological polar surface area (TPSA) is 153 Å². The largest absolute Gasteiger partial charge is 0.480 e. The van der Waals surface area contributed by atoms with Crippen LogP contribution >= 0.6 is 0 Å². The quantitative estimate of drug-likeness (QED) is 0.420. The molecule has 0 aliphatic rings. The molecule has 1 unspecified atom stereocenters. The molecular weight excluding hydrogens is 340 g/mol. The van der Waals surface area contributed by atoms with Crippen LogP contribution in [0.15, 0.2) is 60.7 Å². The number of nitrogens with one attached hydrogen (secondary N) is 1. The Balaban J connectivity index is 0.000000260. The molecule has 0 bridgehead atoms. The van der Waals surface area contributed by atoms with Crippen LogP contribution < -0.4 is 11.1 Å². The van der Waals surface area contributed by atoms with Crippen molar-refractivity contribution in [3.05, 3.63) is 66.2 Å². The number of hydrogen-bond acceptors (Lipinski definition) is 6. The smallest absolute Gasteiger partial charge is 0.328 e. The number of benzene rings is 2. The standard InChI is InChI=1S/2C9H11NO3/c11-6-8(9(12)13)10-7-4-2-1-3-5-7;10-7(9(12)13)8(11)6-4-2-1-3-5-6/h1-5,8,10-11H,6H2,(H,12,13);1-5,7-8,11H,10H2,(H,12,13)/t8-;7-,8?/m00/s1. The van der Waals surface area contributed by atoms with E-state index < -0.39 is 36.7 Å². The Morgan fingerprint density at radius 1 is 0.923 bits per heavy atom. The number of aliphatic hydroxyl groups is 2. The van der Waals surface area contributed by atoms with Gasteiger partial charge >= 0.3 is 11.9 Å². The highest BCUT2D eigenvalue weighted by Gasteiger charge is 2.22. The highest BCUT2D eigenvalue weighted by Crippen LogP contribution is 2.14. The summed E-state index contributed by atoms with van der Waals surface area (Å²) in [5, 5.41) is 38.0. The maximum absolute atomic E-state index is 10.5. The van der Waals surface area contributed by atoms with E-state index in [1.165, 1.54) is 0 Å². The molecule has 8 heteroatoms. The maximum Gasteiger partial charge on any atom is 0.328 e. The van der Waals surface area contributed by atoms with Gasteiger partial charge in [0, 0.05) is 5.69 Å². The minimum absolute atomic E-state index is 0.426. The van der Waals surface area contributed by atoms with Crippen LogP contribution in [0.5, 0.6) is 0 Å². The molecule has 2 aromatic carbocycles. The fraction of sp³-hybridized carbons (Fsp3) is 0.222. The van der Waals surface area contributed by atoms with Gasteiger partial charge in [0.05, 0.1) is 6.61 Å².